The number of amides is 2. The molecule has 0 spiro atoms. The van der Waals surface area contributed by atoms with Gasteiger partial charge in [-0.3, -0.25) is 14.4 Å². The summed E-state index contributed by atoms with van der Waals surface area (Å²) in [6.07, 6.45) is 1.59. The molecule has 2 heterocycles. The number of hydrogen-bond donors (Lipinski definition) is 1. The third kappa shape index (κ3) is 5.30. The number of benzene rings is 2. The van der Waals surface area contributed by atoms with E-state index in [1.165, 1.54) is 59.0 Å². The maximum Gasteiger partial charge on any atom is 0.387 e. The number of carbonyl (C=O) groups is 2. The van der Waals surface area contributed by atoms with Gasteiger partial charge in [0.05, 0.1) is 7.11 Å². The second kappa shape index (κ2) is 10.8. The molecular weight excluding hydrogens is 491 g/mol. The van der Waals surface area contributed by atoms with E-state index in [0.717, 1.165) is 0 Å². The van der Waals surface area contributed by atoms with E-state index in [1.807, 2.05) is 0 Å². The van der Waals surface area contributed by atoms with Gasteiger partial charge in [0, 0.05) is 36.8 Å². The molecule has 0 aliphatic carbocycles. The van der Waals surface area contributed by atoms with Crippen LogP contribution in [-0.2, 0) is 11.3 Å². The van der Waals surface area contributed by atoms with Gasteiger partial charge in [-0.2, -0.15) is 8.78 Å². The molecule has 2 aromatic carbocycles. The average Bonchev–Trinajstić information content (AvgIpc) is 3.19. The van der Waals surface area contributed by atoms with E-state index in [2.05, 4.69) is 10.1 Å². The van der Waals surface area contributed by atoms with Crippen LogP contribution in [0.15, 0.2) is 65.6 Å². The molecule has 1 N–H and O–H groups in total. The Hall–Kier alpha value is -4.28. The van der Waals surface area contributed by atoms with Gasteiger partial charge in [-0.25, -0.2) is 4.39 Å². The highest BCUT2D eigenvalue weighted by Gasteiger charge is 2.44. The van der Waals surface area contributed by atoms with Crippen LogP contribution in [0.2, 0.25) is 0 Å². The molecule has 3 aromatic rings. The second-order valence-electron chi connectivity index (χ2n) is 8.28. The first-order valence-electron chi connectivity index (χ1n) is 11.4. The van der Waals surface area contributed by atoms with E-state index in [-0.39, 0.29) is 34.9 Å². The van der Waals surface area contributed by atoms with Gasteiger partial charge in [0.15, 0.2) is 0 Å². The molecule has 1 unspecified atom stereocenters. The number of anilines is 1. The summed E-state index contributed by atoms with van der Waals surface area (Å²) in [5.41, 5.74) is -0.0448. The van der Waals surface area contributed by atoms with Crippen molar-refractivity contribution in [1.29, 1.82) is 0 Å². The van der Waals surface area contributed by atoms with Gasteiger partial charge < -0.3 is 24.3 Å². The smallest absolute Gasteiger partial charge is 0.387 e. The van der Waals surface area contributed by atoms with Crippen molar-refractivity contribution in [2.24, 2.45) is 0 Å². The lowest BCUT2D eigenvalue weighted by Gasteiger charge is -2.19. The number of pyridine rings is 1. The summed E-state index contributed by atoms with van der Waals surface area (Å²) in [5.74, 6) is -2.59. The first kappa shape index (κ1) is 25.8. The Morgan fingerprint density at radius 3 is 2.43 bits per heavy atom. The summed E-state index contributed by atoms with van der Waals surface area (Å²) >= 11 is 0. The van der Waals surface area contributed by atoms with E-state index < -0.39 is 41.8 Å². The third-order valence-electron chi connectivity index (χ3n) is 6.18. The largest absolute Gasteiger partial charge is 0.497 e. The fraction of sp³-hybridized carbons (Fsp3) is 0.269. The first-order chi connectivity index (χ1) is 17.7. The topological polar surface area (TPSA) is 89.9 Å². The Morgan fingerprint density at radius 2 is 1.81 bits per heavy atom. The number of carbonyl (C=O) groups excluding carboxylic acids is 2. The minimum absolute atomic E-state index is 0.0584. The Bertz CT molecular complexity index is 1360. The fourth-order valence-corrected chi connectivity index (χ4v) is 4.32. The minimum atomic E-state index is -3.02. The monoisotopic (exact) mass is 515 g/mol. The maximum absolute atomic E-state index is 15.1. The molecule has 0 saturated carbocycles. The lowest BCUT2D eigenvalue weighted by atomic mass is 9.93. The van der Waals surface area contributed by atoms with E-state index in [9.17, 15) is 23.2 Å². The van der Waals surface area contributed by atoms with Crippen LogP contribution in [0.1, 0.15) is 28.8 Å². The van der Waals surface area contributed by atoms with Crippen molar-refractivity contribution < 1.29 is 32.2 Å². The van der Waals surface area contributed by atoms with Crippen molar-refractivity contribution in [2.45, 2.75) is 32.0 Å². The summed E-state index contributed by atoms with van der Waals surface area (Å²) in [6.45, 7) is -0.904. The number of methoxy groups -OCH3 is 1. The lowest BCUT2D eigenvalue weighted by molar-refractivity contribution is -0.118. The number of nitrogens with zero attached hydrogens (tertiary/aromatic N) is 2. The molecule has 194 valence electrons. The zero-order valence-corrected chi connectivity index (χ0v) is 20.0. The average molecular weight is 515 g/mol. The summed E-state index contributed by atoms with van der Waals surface area (Å²) in [5, 5.41) is 2.63. The Kier molecular flexibility index (Phi) is 7.51. The molecule has 1 aliphatic rings. The Balaban J connectivity index is 1.68. The predicted octanol–water partition coefficient (Wildman–Crippen LogP) is 3.55. The van der Waals surface area contributed by atoms with Crippen LogP contribution in [0.25, 0.3) is 0 Å². The fourth-order valence-electron chi connectivity index (χ4n) is 4.32. The minimum Gasteiger partial charge on any atom is -0.497 e. The molecule has 4 rings (SSSR count). The zero-order chi connectivity index (χ0) is 26.7. The van der Waals surface area contributed by atoms with E-state index >= 15 is 4.39 Å². The first-order valence-corrected chi connectivity index (χ1v) is 11.4. The van der Waals surface area contributed by atoms with Crippen LogP contribution < -0.4 is 25.2 Å². The highest BCUT2D eigenvalue weighted by atomic mass is 19.3. The number of nitrogens with one attached hydrogen (secondary N) is 1. The second-order valence-corrected chi connectivity index (χ2v) is 8.28. The van der Waals surface area contributed by atoms with Gasteiger partial charge >= 0.3 is 6.61 Å². The SMILES string of the molecule is CCn1cccc(N2C[C@@H](c3ccc(OC)cc3F)C(NC(=O)c3ccc(OC(F)F)cc3)C2=O)c1=O. The van der Waals surface area contributed by atoms with Gasteiger partial charge in [0.2, 0.25) is 5.91 Å². The van der Waals surface area contributed by atoms with Crippen molar-refractivity contribution in [3.8, 4) is 11.5 Å². The zero-order valence-electron chi connectivity index (χ0n) is 20.0. The molecule has 0 bridgehead atoms. The predicted molar refractivity (Wildman–Crippen MR) is 129 cm³/mol. The molecule has 2 atom stereocenters. The third-order valence-corrected chi connectivity index (χ3v) is 6.18. The van der Waals surface area contributed by atoms with Crippen molar-refractivity contribution in [1.82, 2.24) is 9.88 Å². The summed E-state index contributed by atoms with van der Waals surface area (Å²) < 4.78 is 50.7. The van der Waals surface area contributed by atoms with E-state index in [1.54, 1.807) is 25.3 Å². The standard InChI is InChI=1S/C26H24F3N3O5/c1-3-31-12-4-5-21(24(31)34)32-14-19(18-11-10-17(36-2)13-20(18)27)22(25(32)35)30-23(33)15-6-8-16(9-7-15)37-26(28)29/h4-13,19,22,26H,3,14H2,1-2H3,(H,30,33)/t19-,22?/m0/s1. The van der Waals surface area contributed by atoms with E-state index in [0.29, 0.717) is 6.54 Å². The number of aromatic nitrogens is 1. The van der Waals surface area contributed by atoms with Crippen molar-refractivity contribution in [2.75, 3.05) is 18.6 Å². The van der Waals surface area contributed by atoms with Crippen LogP contribution in [0.3, 0.4) is 0 Å². The van der Waals surface area contributed by atoms with Crippen molar-refractivity contribution in [3.05, 3.63) is 88.1 Å². The lowest BCUT2D eigenvalue weighted by Crippen LogP contribution is -2.44. The number of alkyl halides is 2. The van der Waals surface area contributed by atoms with Crippen LogP contribution in [0.5, 0.6) is 11.5 Å². The highest BCUT2D eigenvalue weighted by molar-refractivity contribution is 6.05. The summed E-state index contributed by atoms with van der Waals surface area (Å²) in [4.78, 5) is 40.7. The van der Waals surface area contributed by atoms with Crippen molar-refractivity contribution in [3.63, 3.8) is 0 Å². The van der Waals surface area contributed by atoms with Gasteiger partial charge in [-0.15, -0.1) is 0 Å². The Morgan fingerprint density at radius 1 is 1.11 bits per heavy atom. The normalized spacial score (nSPS) is 17.2. The van der Waals surface area contributed by atoms with E-state index in [4.69, 9.17) is 4.74 Å². The number of aryl methyl sites for hydroxylation is 1. The van der Waals surface area contributed by atoms with Gasteiger partial charge in [-0.05, 0) is 55.0 Å². The summed E-state index contributed by atoms with van der Waals surface area (Å²) in [6, 6.07) is 11.0. The van der Waals surface area contributed by atoms with Crippen molar-refractivity contribution >= 4 is 17.5 Å². The summed E-state index contributed by atoms with van der Waals surface area (Å²) in [7, 11) is 1.39. The molecule has 0 radical (unpaired) electrons. The maximum atomic E-state index is 15.1. The molecule has 8 nitrogen and oxygen atoms in total. The van der Waals surface area contributed by atoms with Gasteiger partial charge in [-0.1, -0.05) is 6.07 Å². The molecule has 2 amide bonds. The number of hydrogen-bond acceptors (Lipinski definition) is 5. The van der Waals surface area contributed by atoms with Crippen LogP contribution in [0, 0.1) is 5.82 Å². The molecular formula is C26H24F3N3O5. The molecule has 1 aromatic heterocycles. The van der Waals surface area contributed by atoms with Gasteiger partial charge in [0.25, 0.3) is 11.5 Å². The van der Waals surface area contributed by atoms with Crippen LogP contribution >= 0.6 is 0 Å². The molecule has 37 heavy (non-hydrogen) atoms. The Labute approximate surface area is 210 Å². The van der Waals surface area contributed by atoms with Crippen LogP contribution in [0.4, 0.5) is 18.9 Å². The quantitative estimate of drug-likeness (QED) is 0.496. The number of rotatable bonds is 8. The number of ether oxygens (including phenoxy) is 2. The molecule has 1 fully saturated rings. The van der Waals surface area contributed by atoms with Crippen LogP contribution in [-0.4, -0.2) is 42.7 Å². The molecule has 11 heteroatoms. The van der Waals surface area contributed by atoms with Gasteiger partial charge in [0.1, 0.15) is 29.0 Å². The molecule has 1 saturated heterocycles. The highest BCUT2D eigenvalue weighted by Crippen LogP contribution is 2.34. The molecule has 1 aliphatic heterocycles. The number of halogens is 3.